The van der Waals surface area contributed by atoms with Crippen molar-refractivity contribution in [2.45, 2.75) is 19.5 Å². The molecule has 34 heavy (non-hydrogen) atoms. The van der Waals surface area contributed by atoms with Crippen LogP contribution in [0.5, 0.6) is 5.75 Å². The molecule has 2 N–H and O–H groups in total. The van der Waals surface area contributed by atoms with E-state index in [9.17, 15) is 0 Å². The minimum absolute atomic E-state index is 0.636. The first-order chi connectivity index (χ1) is 16.8. The van der Waals surface area contributed by atoms with Crippen molar-refractivity contribution in [3.05, 3.63) is 102 Å². The summed E-state index contributed by atoms with van der Waals surface area (Å²) in [6.07, 6.45) is 3.17. The number of pyridine rings is 1. The lowest BCUT2D eigenvalue weighted by atomic mass is 10.1. The Bertz CT molecular complexity index is 1390. The van der Waals surface area contributed by atoms with Gasteiger partial charge in [-0.15, -0.1) is 0 Å². The Morgan fingerprint density at radius 3 is 2.44 bits per heavy atom. The van der Waals surface area contributed by atoms with Crippen molar-refractivity contribution in [3.63, 3.8) is 0 Å². The van der Waals surface area contributed by atoms with Crippen molar-refractivity contribution >= 4 is 27.6 Å². The highest BCUT2D eigenvalue weighted by atomic mass is 16.5. The van der Waals surface area contributed by atoms with Gasteiger partial charge in [0.1, 0.15) is 11.6 Å². The van der Waals surface area contributed by atoms with Gasteiger partial charge in [0.05, 0.1) is 12.6 Å². The molecule has 0 atom stereocenters. The maximum atomic E-state index is 5.90. The largest absolute Gasteiger partial charge is 0.496 e. The first-order valence-corrected chi connectivity index (χ1v) is 11.8. The Hall–Kier alpha value is -3.83. The van der Waals surface area contributed by atoms with E-state index >= 15 is 0 Å². The number of methoxy groups -OCH3 is 1. The average molecular weight is 451 g/mol. The van der Waals surface area contributed by atoms with Crippen molar-refractivity contribution in [2.24, 2.45) is 5.73 Å². The summed E-state index contributed by atoms with van der Waals surface area (Å²) in [7, 11) is 1.72. The Balaban J connectivity index is 1.54. The lowest BCUT2D eigenvalue weighted by molar-refractivity contribution is 0.419. The van der Waals surface area contributed by atoms with Crippen molar-refractivity contribution in [3.8, 4) is 5.75 Å². The molecular formula is C29H30N4O. The molecular weight excluding hydrogens is 420 g/mol. The fourth-order valence-electron chi connectivity index (χ4n) is 4.58. The van der Waals surface area contributed by atoms with Crippen LogP contribution in [0.15, 0.2) is 91.1 Å². The van der Waals surface area contributed by atoms with Crippen molar-refractivity contribution < 1.29 is 4.74 Å². The Morgan fingerprint density at radius 2 is 1.65 bits per heavy atom. The molecule has 5 heteroatoms. The molecule has 0 amide bonds. The zero-order valence-electron chi connectivity index (χ0n) is 19.5. The molecule has 0 spiro atoms. The summed E-state index contributed by atoms with van der Waals surface area (Å²) in [4.78, 5) is 7.30. The van der Waals surface area contributed by atoms with E-state index in [2.05, 4.69) is 70.3 Å². The third-order valence-corrected chi connectivity index (χ3v) is 6.27. The number of fused-ring (bicyclic) bond motifs is 2. The van der Waals surface area contributed by atoms with Gasteiger partial charge in [0.25, 0.3) is 0 Å². The van der Waals surface area contributed by atoms with Crippen LogP contribution in [0.2, 0.25) is 0 Å². The normalized spacial score (nSPS) is 11.2. The monoisotopic (exact) mass is 450 g/mol. The average Bonchev–Trinajstić information content (AvgIpc) is 3.23. The van der Waals surface area contributed by atoms with Gasteiger partial charge in [-0.05, 0) is 42.3 Å². The molecule has 2 heterocycles. The fourth-order valence-corrected chi connectivity index (χ4v) is 4.58. The van der Waals surface area contributed by atoms with Crippen molar-refractivity contribution in [1.82, 2.24) is 9.55 Å². The number of nitrogens with two attached hydrogens (primary N) is 1. The number of anilines is 1. The summed E-state index contributed by atoms with van der Waals surface area (Å²) in [6.45, 7) is 3.04. The van der Waals surface area contributed by atoms with E-state index in [4.69, 9.17) is 15.5 Å². The first kappa shape index (κ1) is 22.0. The van der Waals surface area contributed by atoms with Crippen LogP contribution in [0.3, 0.4) is 0 Å². The van der Waals surface area contributed by atoms with Crippen LogP contribution in [-0.4, -0.2) is 29.8 Å². The molecule has 2 aromatic heterocycles. The smallest absolute Gasteiger partial charge is 0.133 e. The zero-order valence-corrected chi connectivity index (χ0v) is 19.5. The minimum Gasteiger partial charge on any atom is -0.496 e. The summed E-state index contributed by atoms with van der Waals surface area (Å²) < 4.78 is 8.06. The van der Waals surface area contributed by atoms with Gasteiger partial charge in [-0.25, -0.2) is 4.98 Å². The number of benzene rings is 3. The summed E-state index contributed by atoms with van der Waals surface area (Å²) in [5.74, 6) is 1.74. The third kappa shape index (κ3) is 4.47. The van der Waals surface area contributed by atoms with E-state index in [-0.39, 0.29) is 0 Å². The van der Waals surface area contributed by atoms with E-state index in [1.807, 2.05) is 30.3 Å². The van der Waals surface area contributed by atoms with Crippen LogP contribution < -0.4 is 15.4 Å². The second-order valence-corrected chi connectivity index (χ2v) is 8.55. The molecule has 172 valence electrons. The Morgan fingerprint density at radius 1 is 0.912 bits per heavy atom. The number of rotatable bonds is 9. The number of hydrogen-bond donors (Lipinski definition) is 1. The van der Waals surface area contributed by atoms with E-state index in [1.165, 1.54) is 22.0 Å². The highest BCUT2D eigenvalue weighted by Gasteiger charge is 2.16. The molecule has 5 rings (SSSR count). The molecule has 0 radical (unpaired) electrons. The van der Waals surface area contributed by atoms with Gasteiger partial charge in [0, 0.05) is 48.2 Å². The van der Waals surface area contributed by atoms with Crippen LogP contribution in [0.1, 0.15) is 17.5 Å². The first-order valence-electron chi connectivity index (χ1n) is 11.8. The van der Waals surface area contributed by atoms with Crippen molar-refractivity contribution in [2.75, 3.05) is 25.1 Å². The van der Waals surface area contributed by atoms with Gasteiger partial charge in [-0.2, -0.15) is 0 Å². The second-order valence-electron chi connectivity index (χ2n) is 8.55. The third-order valence-electron chi connectivity index (χ3n) is 6.27. The summed E-state index contributed by atoms with van der Waals surface area (Å²) >= 11 is 0. The topological polar surface area (TPSA) is 56.3 Å². The fraction of sp³-hybridized carbons (Fsp3) is 0.207. The van der Waals surface area contributed by atoms with Gasteiger partial charge in [0.2, 0.25) is 0 Å². The van der Waals surface area contributed by atoms with Gasteiger partial charge in [0.15, 0.2) is 0 Å². The molecule has 0 aliphatic heterocycles. The van der Waals surface area contributed by atoms with Crippen LogP contribution in [-0.2, 0) is 13.1 Å². The van der Waals surface area contributed by atoms with E-state index in [0.717, 1.165) is 48.5 Å². The minimum atomic E-state index is 0.636. The highest BCUT2D eigenvalue weighted by Crippen LogP contribution is 2.31. The van der Waals surface area contributed by atoms with Gasteiger partial charge in [-0.1, -0.05) is 60.7 Å². The molecule has 5 nitrogen and oxygen atoms in total. The summed E-state index contributed by atoms with van der Waals surface area (Å²) in [5, 5.41) is 2.29. The van der Waals surface area contributed by atoms with E-state index < -0.39 is 0 Å². The van der Waals surface area contributed by atoms with Crippen molar-refractivity contribution in [1.29, 1.82) is 0 Å². The quantitative estimate of drug-likeness (QED) is 0.317. The number of ether oxygens (including phenoxy) is 1. The molecule has 0 aliphatic carbocycles. The van der Waals surface area contributed by atoms with E-state index in [1.54, 1.807) is 7.11 Å². The lowest BCUT2D eigenvalue weighted by Gasteiger charge is -2.24. The van der Waals surface area contributed by atoms with Gasteiger partial charge < -0.3 is 19.9 Å². The SMILES string of the molecule is COc1cc(N(CCCN)Cc2cn(Cc3ccccc3)c3ccccc23)nc2ccccc12. The number of nitrogens with zero attached hydrogens (tertiary/aromatic N) is 3. The molecule has 0 saturated carbocycles. The number of aromatic nitrogens is 2. The number of para-hydroxylation sites is 2. The lowest BCUT2D eigenvalue weighted by Crippen LogP contribution is -2.26. The molecule has 5 aromatic rings. The zero-order chi connectivity index (χ0) is 23.3. The summed E-state index contributed by atoms with van der Waals surface area (Å²) in [5.41, 5.74) is 10.6. The molecule has 0 aliphatic rings. The van der Waals surface area contributed by atoms with Gasteiger partial charge >= 0.3 is 0 Å². The molecule has 3 aromatic carbocycles. The van der Waals surface area contributed by atoms with Crippen LogP contribution in [0.25, 0.3) is 21.8 Å². The maximum Gasteiger partial charge on any atom is 0.133 e. The molecule has 0 fully saturated rings. The van der Waals surface area contributed by atoms with Gasteiger partial charge in [-0.3, -0.25) is 0 Å². The standard InChI is InChI=1S/C29H30N4O/c1-34-28-18-29(31-26-14-7-5-13-25(26)28)32(17-9-16-30)20-23-21-33(19-22-10-3-2-4-11-22)27-15-8-6-12-24(23)27/h2-8,10-15,18,21H,9,16-17,19-20,30H2,1H3. The molecule has 0 bridgehead atoms. The summed E-state index contributed by atoms with van der Waals surface area (Å²) in [6, 6.07) is 29.4. The van der Waals surface area contributed by atoms with Crippen LogP contribution in [0.4, 0.5) is 5.82 Å². The predicted octanol–water partition coefficient (Wildman–Crippen LogP) is 5.60. The maximum absolute atomic E-state index is 5.90. The Kier molecular flexibility index (Phi) is 6.45. The number of hydrogen-bond acceptors (Lipinski definition) is 4. The van der Waals surface area contributed by atoms with Crippen LogP contribution >= 0.6 is 0 Å². The predicted molar refractivity (Wildman–Crippen MR) is 140 cm³/mol. The van der Waals surface area contributed by atoms with Crippen LogP contribution in [0, 0.1) is 0 Å². The van der Waals surface area contributed by atoms with E-state index in [0.29, 0.717) is 6.54 Å². The molecule has 0 saturated heterocycles. The Labute approximate surface area is 200 Å². The molecule has 0 unspecified atom stereocenters. The second kappa shape index (κ2) is 9.98. The highest BCUT2D eigenvalue weighted by molar-refractivity contribution is 5.87.